The van der Waals surface area contributed by atoms with Crippen LogP contribution in [0, 0.1) is 0 Å². The zero-order valence-corrected chi connectivity index (χ0v) is 11.0. The van der Waals surface area contributed by atoms with Crippen molar-refractivity contribution in [3.63, 3.8) is 0 Å². The molecule has 2 aromatic rings. The lowest BCUT2D eigenvalue weighted by Crippen LogP contribution is -1.96. The van der Waals surface area contributed by atoms with Crippen LogP contribution in [0.4, 0.5) is 0 Å². The Balaban J connectivity index is 2.13. The van der Waals surface area contributed by atoms with E-state index in [-0.39, 0.29) is 0 Å². The van der Waals surface area contributed by atoms with E-state index in [2.05, 4.69) is 23.7 Å². The summed E-state index contributed by atoms with van der Waals surface area (Å²) in [4.78, 5) is 4.47. The molecule has 1 heterocycles. The van der Waals surface area contributed by atoms with Gasteiger partial charge in [-0.25, -0.2) is 4.98 Å². The highest BCUT2D eigenvalue weighted by molar-refractivity contribution is 7.13. The molecule has 0 saturated heterocycles. The molecule has 0 aliphatic heterocycles. The molecule has 1 aromatic carbocycles. The molecule has 2 rings (SSSR count). The van der Waals surface area contributed by atoms with E-state index in [1.165, 1.54) is 0 Å². The van der Waals surface area contributed by atoms with E-state index in [0.29, 0.717) is 19.8 Å². The van der Waals surface area contributed by atoms with Gasteiger partial charge >= 0.3 is 0 Å². The second-order valence-corrected chi connectivity index (χ2v) is 4.71. The maximum absolute atomic E-state index is 5.57. The Kier molecular flexibility index (Phi) is 4.64. The van der Waals surface area contributed by atoms with Gasteiger partial charge in [0.05, 0.1) is 18.9 Å². The summed E-state index contributed by atoms with van der Waals surface area (Å²) in [5.41, 5.74) is 8.75. The second kappa shape index (κ2) is 6.44. The van der Waals surface area contributed by atoms with Crippen LogP contribution < -0.4 is 5.73 Å². The number of hydrogen-bond donors (Lipinski definition) is 1. The lowest BCUT2D eigenvalue weighted by Gasteiger charge is -2.03. The second-order valence-electron chi connectivity index (χ2n) is 3.85. The summed E-state index contributed by atoms with van der Waals surface area (Å²) in [5, 5.41) is 3.00. The molecule has 0 aliphatic carbocycles. The first-order chi connectivity index (χ1) is 8.83. The molecule has 4 heteroatoms. The molecule has 1 aromatic heterocycles. The van der Waals surface area contributed by atoms with Crippen molar-refractivity contribution in [1.82, 2.24) is 4.98 Å². The van der Waals surface area contributed by atoms with Crippen molar-refractivity contribution in [3.05, 3.63) is 53.6 Å². The van der Waals surface area contributed by atoms with Gasteiger partial charge in [-0.15, -0.1) is 17.9 Å². The van der Waals surface area contributed by atoms with Crippen molar-refractivity contribution in [2.75, 3.05) is 6.61 Å². The van der Waals surface area contributed by atoms with Crippen molar-refractivity contribution in [2.45, 2.75) is 13.2 Å². The third-order valence-electron chi connectivity index (χ3n) is 2.44. The largest absolute Gasteiger partial charge is 0.373 e. The van der Waals surface area contributed by atoms with Gasteiger partial charge in [0.15, 0.2) is 0 Å². The lowest BCUT2D eigenvalue weighted by atomic mass is 10.1. The third kappa shape index (κ3) is 3.26. The average Bonchev–Trinajstić information content (AvgIpc) is 2.88. The number of rotatable bonds is 6. The zero-order chi connectivity index (χ0) is 12.8. The van der Waals surface area contributed by atoms with Gasteiger partial charge in [-0.05, 0) is 11.6 Å². The molecule has 0 atom stereocenters. The van der Waals surface area contributed by atoms with Crippen LogP contribution in [0.3, 0.4) is 0 Å². The molecule has 0 unspecified atom stereocenters. The van der Waals surface area contributed by atoms with Gasteiger partial charge in [-0.3, -0.25) is 0 Å². The maximum atomic E-state index is 5.57. The number of ether oxygens (including phenoxy) is 1. The van der Waals surface area contributed by atoms with E-state index in [4.69, 9.17) is 10.5 Å². The van der Waals surface area contributed by atoms with Crippen LogP contribution in [-0.2, 0) is 17.9 Å². The Bertz CT molecular complexity index is 522. The molecule has 2 N–H and O–H groups in total. The number of nitrogens with zero attached hydrogens (tertiary/aromatic N) is 1. The summed E-state index contributed by atoms with van der Waals surface area (Å²) in [6.45, 7) is 5.27. The number of nitrogens with two attached hydrogens (primary N) is 1. The summed E-state index contributed by atoms with van der Waals surface area (Å²) in [5.74, 6) is 0. The molecule has 0 spiro atoms. The number of thiazole rings is 1. The van der Waals surface area contributed by atoms with Crippen molar-refractivity contribution in [1.29, 1.82) is 0 Å². The first-order valence-electron chi connectivity index (χ1n) is 5.76. The van der Waals surface area contributed by atoms with Gasteiger partial charge < -0.3 is 10.5 Å². The Morgan fingerprint density at radius 1 is 1.44 bits per heavy atom. The van der Waals surface area contributed by atoms with E-state index in [1.807, 2.05) is 17.5 Å². The molecule has 18 heavy (non-hydrogen) atoms. The monoisotopic (exact) mass is 260 g/mol. The minimum atomic E-state index is 0.485. The normalized spacial score (nSPS) is 10.5. The quantitative estimate of drug-likeness (QED) is 0.641. The Hall–Kier alpha value is -1.49. The van der Waals surface area contributed by atoms with Crippen LogP contribution in [0.5, 0.6) is 0 Å². The standard InChI is InChI=1S/C14H16N2OS/c1-2-6-17-9-11-4-3-5-12(7-11)14-16-13(8-15)10-18-14/h2-5,7,10H,1,6,8-9,15H2. The highest BCUT2D eigenvalue weighted by Gasteiger charge is 2.04. The van der Waals surface area contributed by atoms with Gasteiger partial charge in [-0.2, -0.15) is 0 Å². The summed E-state index contributed by atoms with van der Waals surface area (Å²) >= 11 is 1.62. The minimum Gasteiger partial charge on any atom is -0.373 e. The Morgan fingerprint density at radius 2 is 2.33 bits per heavy atom. The summed E-state index contributed by atoms with van der Waals surface area (Å²) in [6, 6.07) is 8.22. The van der Waals surface area contributed by atoms with Crippen molar-refractivity contribution in [2.24, 2.45) is 5.73 Å². The van der Waals surface area contributed by atoms with E-state index in [0.717, 1.165) is 21.8 Å². The highest BCUT2D eigenvalue weighted by atomic mass is 32.1. The predicted molar refractivity (Wildman–Crippen MR) is 75.3 cm³/mol. The fourth-order valence-corrected chi connectivity index (χ4v) is 2.42. The zero-order valence-electron chi connectivity index (χ0n) is 10.1. The van der Waals surface area contributed by atoms with E-state index < -0.39 is 0 Å². The summed E-state index contributed by atoms with van der Waals surface area (Å²) < 4.78 is 5.43. The van der Waals surface area contributed by atoms with Gasteiger partial charge in [0.1, 0.15) is 5.01 Å². The molecule has 94 valence electrons. The van der Waals surface area contributed by atoms with Gasteiger partial charge in [-0.1, -0.05) is 24.3 Å². The lowest BCUT2D eigenvalue weighted by molar-refractivity contribution is 0.149. The topological polar surface area (TPSA) is 48.1 Å². The van der Waals surface area contributed by atoms with Crippen LogP contribution in [0.2, 0.25) is 0 Å². The van der Waals surface area contributed by atoms with Gasteiger partial charge in [0.2, 0.25) is 0 Å². The summed E-state index contributed by atoms with van der Waals surface area (Å²) in [6.07, 6.45) is 1.75. The molecule has 0 radical (unpaired) electrons. The van der Waals surface area contributed by atoms with Crippen LogP contribution in [-0.4, -0.2) is 11.6 Å². The Morgan fingerprint density at radius 3 is 3.06 bits per heavy atom. The SMILES string of the molecule is C=CCOCc1cccc(-c2nc(CN)cs2)c1. The van der Waals surface area contributed by atoms with Crippen LogP contribution in [0.1, 0.15) is 11.3 Å². The fraction of sp³-hybridized carbons (Fsp3) is 0.214. The Labute approximate surface area is 111 Å². The van der Waals surface area contributed by atoms with Gasteiger partial charge in [0, 0.05) is 17.5 Å². The number of hydrogen-bond acceptors (Lipinski definition) is 4. The van der Waals surface area contributed by atoms with Crippen LogP contribution >= 0.6 is 11.3 Å². The molecule has 0 aliphatic rings. The first-order valence-corrected chi connectivity index (χ1v) is 6.64. The van der Waals surface area contributed by atoms with E-state index in [1.54, 1.807) is 17.4 Å². The highest BCUT2D eigenvalue weighted by Crippen LogP contribution is 2.24. The van der Waals surface area contributed by atoms with E-state index >= 15 is 0 Å². The predicted octanol–water partition coefficient (Wildman–Crippen LogP) is 2.97. The van der Waals surface area contributed by atoms with Crippen molar-refractivity contribution >= 4 is 11.3 Å². The molecule has 0 fully saturated rings. The smallest absolute Gasteiger partial charge is 0.123 e. The number of aromatic nitrogens is 1. The molecule has 0 saturated carbocycles. The van der Waals surface area contributed by atoms with E-state index in [9.17, 15) is 0 Å². The molecular weight excluding hydrogens is 244 g/mol. The summed E-state index contributed by atoms with van der Waals surface area (Å²) in [7, 11) is 0. The molecular formula is C14H16N2OS. The molecule has 0 amide bonds. The van der Waals surface area contributed by atoms with Gasteiger partial charge in [0.25, 0.3) is 0 Å². The minimum absolute atomic E-state index is 0.485. The number of benzene rings is 1. The third-order valence-corrected chi connectivity index (χ3v) is 3.38. The van der Waals surface area contributed by atoms with Crippen molar-refractivity contribution < 1.29 is 4.74 Å². The fourth-order valence-electron chi connectivity index (χ4n) is 1.59. The van der Waals surface area contributed by atoms with Crippen LogP contribution in [0.15, 0.2) is 42.3 Å². The maximum Gasteiger partial charge on any atom is 0.123 e. The first kappa shape index (κ1) is 13.0. The average molecular weight is 260 g/mol. The molecule has 0 bridgehead atoms. The van der Waals surface area contributed by atoms with Crippen molar-refractivity contribution in [3.8, 4) is 10.6 Å². The molecule has 3 nitrogen and oxygen atoms in total. The van der Waals surface area contributed by atoms with Crippen LogP contribution in [0.25, 0.3) is 10.6 Å².